The van der Waals surface area contributed by atoms with E-state index in [-0.39, 0.29) is 0 Å². The lowest BCUT2D eigenvalue weighted by Crippen LogP contribution is -1.95. The summed E-state index contributed by atoms with van der Waals surface area (Å²) in [6.45, 7) is 3.68. The van der Waals surface area contributed by atoms with Gasteiger partial charge < -0.3 is 4.74 Å². The first-order chi connectivity index (χ1) is 5.93. The van der Waals surface area contributed by atoms with Gasteiger partial charge in [0.05, 0.1) is 6.61 Å². The molecule has 0 unspecified atom stereocenters. The first-order valence-corrected chi connectivity index (χ1v) is 5.17. The minimum atomic E-state index is 0.815. The molecule has 66 valence electrons. The van der Waals surface area contributed by atoms with E-state index in [2.05, 4.69) is 24.3 Å². The summed E-state index contributed by atoms with van der Waals surface area (Å²) in [5.41, 5.74) is 0. The van der Waals surface area contributed by atoms with Gasteiger partial charge in [-0.1, -0.05) is 18.2 Å². The average Bonchev–Trinajstić information content (AvgIpc) is 2.14. The van der Waals surface area contributed by atoms with Gasteiger partial charge in [0.15, 0.2) is 0 Å². The molecule has 1 aromatic carbocycles. The van der Waals surface area contributed by atoms with E-state index < -0.39 is 0 Å². The van der Waals surface area contributed by atoms with Gasteiger partial charge in [0.1, 0.15) is 0 Å². The van der Waals surface area contributed by atoms with Gasteiger partial charge in [0.2, 0.25) is 0 Å². The van der Waals surface area contributed by atoms with E-state index in [0.717, 1.165) is 19.0 Å². The first-order valence-electron chi connectivity index (χ1n) is 4.19. The molecule has 2 heteroatoms. The van der Waals surface area contributed by atoms with E-state index in [9.17, 15) is 0 Å². The number of benzene rings is 1. The molecule has 0 bridgehead atoms. The highest BCUT2D eigenvalue weighted by Gasteiger charge is 1.90. The van der Waals surface area contributed by atoms with Crippen molar-refractivity contribution in [2.45, 2.75) is 11.8 Å². The zero-order chi connectivity index (χ0) is 8.65. The minimum absolute atomic E-state index is 0.815. The van der Waals surface area contributed by atoms with Gasteiger partial charge in [-0.2, -0.15) is 0 Å². The van der Waals surface area contributed by atoms with Crippen LogP contribution in [-0.2, 0) is 4.74 Å². The van der Waals surface area contributed by atoms with E-state index in [1.165, 1.54) is 4.90 Å². The molecule has 1 nitrogen and oxygen atoms in total. The third kappa shape index (κ3) is 3.79. The van der Waals surface area contributed by atoms with Crippen LogP contribution in [0.25, 0.3) is 0 Å². The average molecular weight is 182 g/mol. The maximum atomic E-state index is 5.23. The molecule has 0 atom stereocenters. The molecular weight excluding hydrogens is 168 g/mol. The van der Waals surface area contributed by atoms with Crippen molar-refractivity contribution >= 4 is 11.8 Å². The van der Waals surface area contributed by atoms with E-state index >= 15 is 0 Å². The largest absolute Gasteiger partial charge is 0.381 e. The van der Waals surface area contributed by atoms with Crippen LogP contribution in [-0.4, -0.2) is 19.0 Å². The van der Waals surface area contributed by atoms with Crippen LogP contribution in [0.2, 0.25) is 0 Å². The number of rotatable bonds is 5. The molecule has 0 spiro atoms. The standard InChI is InChI=1S/C10H14OS/c1-2-11-8-9-12-10-6-4-3-5-7-10/h3-7H,2,8-9H2,1H3. The van der Waals surface area contributed by atoms with Crippen LogP contribution in [0.15, 0.2) is 35.2 Å². The Balaban J connectivity index is 2.16. The van der Waals surface area contributed by atoms with Gasteiger partial charge in [0, 0.05) is 17.3 Å². The molecule has 0 radical (unpaired) electrons. The van der Waals surface area contributed by atoms with Gasteiger partial charge in [-0.15, -0.1) is 11.8 Å². The number of hydrogen-bond acceptors (Lipinski definition) is 2. The smallest absolute Gasteiger partial charge is 0.0560 e. The molecule has 0 saturated carbocycles. The second kappa shape index (κ2) is 6.09. The molecule has 1 aromatic rings. The summed E-state index contributed by atoms with van der Waals surface area (Å²) in [4.78, 5) is 1.32. The van der Waals surface area contributed by atoms with Crippen LogP contribution in [0.5, 0.6) is 0 Å². The minimum Gasteiger partial charge on any atom is -0.381 e. The van der Waals surface area contributed by atoms with Gasteiger partial charge in [-0.05, 0) is 19.1 Å². The van der Waals surface area contributed by atoms with Crippen molar-refractivity contribution in [2.75, 3.05) is 19.0 Å². The van der Waals surface area contributed by atoms with Gasteiger partial charge >= 0.3 is 0 Å². The van der Waals surface area contributed by atoms with Crippen molar-refractivity contribution in [3.63, 3.8) is 0 Å². The molecule has 0 N–H and O–H groups in total. The predicted octanol–water partition coefficient (Wildman–Crippen LogP) is 2.82. The summed E-state index contributed by atoms with van der Waals surface area (Å²) >= 11 is 1.84. The van der Waals surface area contributed by atoms with Crippen LogP contribution in [0.3, 0.4) is 0 Å². The fraction of sp³-hybridized carbons (Fsp3) is 0.400. The summed E-state index contributed by atoms with van der Waals surface area (Å²) < 4.78 is 5.23. The predicted molar refractivity (Wildman–Crippen MR) is 53.7 cm³/mol. The molecule has 0 aliphatic carbocycles. The zero-order valence-electron chi connectivity index (χ0n) is 7.32. The van der Waals surface area contributed by atoms with E-state index in [0.29, 0.717) is 0 Å². The summed E-state index contributed by atoms with van der Waals surface area (Å²) in [7, 11) is 0. The molecule has 0 aliphatic heterocycles. The molecule has 12 heavy (non-hydrogen) atoms. The second-order valence-corrected chi connectivity index (χ2v) is 3.53. The molecule has 0 aliphatic rings. The van der Waals surface area contributed by atoms with Gasteiger partial charge in [-0.25, -0.2) is 0 Å². The Hall–Kier alpha value is -0.470. The van der Waals surface area contributed by atoms with Crippen LogP contribution >= 0.6 is 11.8 Å². The maximum Gasteiger partial charge on any atom is 0.0560 e. The van der Waals surface area contributed by atoms with E-state index in [4.69, 9.17) is 4.74 Å². The summed E-state index contributed by atoms with van der Waals surface area (Å²) in [5, 5.41) is 0. The fourth-order valence-corrected chi connectivity index (χ4v) is 1.67. The molecule has 0 heterocycles. The Kier molecular flexibility index (Phi) is 4.88. The van der Waals surface area contributed by atoms with E-state index in [1.807, 2.05) is 24.8 Å². The Labute approximate surface area is 78.1 Å². The molecule has 0 saturated heterocycles. The van der Waals surface area contributed by atoms with Crippen molar-refractivity contribution < 1.29 is 4.74 Å². The van der Waals surface area contributed by atoms with Crippen LogP contribution in [0, 0.1) is 0 Å². The topological polar surface area (TPSA) is 9.23 Å². The quantitative estimate of drug-likeness (QED) is 0.511. The third-order valence-corrected chi connectivity index (χ3v) is 2.42. The molecular formula is C10H14OS. The van der Waals surface area contributed by atoms with Crippen molar-refractivity contribution in [3.05, 3.63) is 30.3 Å². The van der Waals surface area contributed by atoms with Crippen LogP contribution in [0.1, 0.15) is 6.92 Å². The lowest BCUT2D eigenvalue weighted by atomic mass is 10.4. The van der Waals surface area contributed by atoms with Crippen molar-refractivity contribution in [2.24, 2.45) is 0 Å². The monoisotopic (exact) mass is 182 g/mol. The highest BCUT2D eigenvalue weighted by atomic mass is 32.2. The summed E-state index contributed by atoms with van der Waals surface area (Å²) in [6.07, 6.45) is 0. The molecule has 1 rings (SSSR count). The Morgan fingerprint density at radius 3 is 2.67 bits per heavy atom. The Morgan fingerprint density at radius 1 is 1.25 bits per heavy atom. The highest BCUT2D eigenvalue weighted by molar-refractivity contribution is 7.99. The second-order valence-electron chi connectivity index (χ2n) is 2.36. The third-order valence-electron chi connectivity index (χ3n) is 1.44. The molecule has 0 amide bonds. The lowest BCUT2D eigenvalue weighted by Gasteiger charge is -2.00. The Bertz CT molecular complexity index is 198. The van der Waals surface area contributed by atoms with Gasteiger partial charge in [0.25, 0.3) is 0 Å². The Morgan fingerprint density at radius 2 is 2.00 bits per heavy atom. The van der Waals surface area contributed by atoms with Crippen LogP contribution < -0.4 is 0 Å². The lowest BCUT2D eigenvalue weighted by molar-refractivity contribution is 0.164. The van der Waals surface area contributed by atoms with Crippen LogP contribution in [0.4, 0.5) is 0 Å². The van der Waals surface area contributed by atoms with Gasteiger partial charge in [-0.3, -0.25) is 0 Å². The summed E-state index contributed by atoms with van der Waals surface area (Å²) in [5.74, 6) is 1.04. The maximum absolute atomic E-state index is 5.23. The summed E-state index contributed by atoms with van der Waals surface area (Å²) in [6, 6.07) is 10.4. The number of hydrogen-bond donors (Lipinski definition) is 0. The normalized spacial score (nSPS) is 10.1. The number of thioether (sulfide) groups is 1. The number of ether oxygens (including phenoxy) is 1. The highest BCUT2D eigenvalue weighted by Crippen LogP contribution is 2.15. The SMILES string of the molecule is CCOCCSc1ccccc1. The van der Waals surface area contributed by atoms with Crippen molar-refractivity contribution in [1.82, 2.24) is 0 Å². The van der Waals surface area contributed by atoms with E-state index in [1.54, 1.807) is 0 Å². The first kappa shape index (κ1) is 9.62. The zero-order valence-corrected chi connectivity index (χ0v) is 8.14. The van der Waals surface area contributed by atoms with Crippen molar-refractivity contribution in [1.29, 1.82) is 0 Å². The fourth-order valence-electron chi connectivity index (χ4n) is 0.880. The van der Waals surface area contributed by atoms with Crippen molar-refractivity contribution in [3.8, 4) is 0 Å². The molecule has 0 aromatic heterocycles. The molecule has 0 fully saturated rings.